The second-order valence-electron chi connectivity index (χ2n) is 6.37. The quantitative estimate of drug-likeness (QED) is 0.898. The molecule has 26 heavy (non-hydrogen) atoms. The fraction of sp³-hybridized carbons (Fsp3) is 0.333. The Hall–Kier alpha value is -2.82. The van der Waals surface area contributed by atoms with Gasteiger partial charge in [-0.2, -0.15) is 0 Å². The minimum Gasteiger partial charge on any atom is -0.492 e. The van der Waals surface area contributed by atoms with E-state index in [9.17, 15) is 9.59 Å². The molecule has 2 aromatic rings. The summed E-state index contributed by atoms with van der Waals surface area (Å²) in [5.74, 6) is 0.489. The van der Waals surface area contributed by atoms with Crippen LogP contribution < -0.4 is 10.1 Å². The molecular weight excluding hydrogens is 328 g/mol. The van der Waals surface area contributed by atoms with Gasteiger partial charge in [-0.05, 0) is 50.1 Å². The number of anilines is 1. The monoisotopic (exact) mass is 352 g/mol. The first-order valence-electron chi connectivity index (χ1n) is 9.03. The van der Waals surface area contributed by atoms with Crippen molar-refractivity contribution in [3.05, 3.63) is 59.7 Å². The van der Waals surface area contributed by atoms with Gasteiger partial charge in [0, 0.05) is 24.3 Å². The summed E-state index contributed by atoms with van der Waals surface area (Å²) in [4.78, 5) is 26.9. The molecule has 0 aliphatic carbocycles. The summed E-state index contributed by atoms with van der Waals surface area (Å²) < 4.78 is 5.70. The number of carbonyl (C=O) groups is 2. The maximum atomic E-state index is 12.6. The van der Waals surface area contributed by atoms with Gasteiger partial charge >= 0.3 is 0 Å². The zero-order valence-electron chi connectivity index (χ0n) is 15.2. The van der Waals surface area contributed by atoms with Crippen LogP contribution in [-0.4, -0.2) is 36.4 Å². The third-order valence-electron chi connectivity index (χ3n) is 4.68. The number of nitrogens with one attached hydrogen (secondary N) is 1. The molecule has 1 atom stereocenters. The Morgan fingerprint density at radius 3 is 2.65 bits per heavy atom. The Morgan fingerprint density at radius 1 is 1.12 bits per heavy atom. The molecular formula is C21H24N2O3. The summed E-state index contributed by atoms with van der Waals surface area (Å²) in [7, 11) is 0. The van der Waals surface area contributed by atoms with Gasteiger partial charge in [-0.15, -0.1) is 0 Å². The Morgan fingerprint density at radius 2 is 1.88 bits per heavy atom. The van der Waals surface area contributed by atoms with Gasteiger partial charge in [0.05, 0.1) is 5.92 Å². The summed E-state index contributed by atoms with van der Waals surface area (Å²) in [6.07, 6.45) is 0.653. The highest BCUT2D eigenvalue weighted by Crippen LogP contribution is 2.27. The Kier molecular flexibility index (Phi) is 5.56. The number of rotatable bonds is 5. The van der Waals surface area contributed by atoms with Crippen LogP contribution in [0.15, 0.2) is 48.5 Å². The fourth-order valence-electron chi connectivity index (χ4n) is 3.16. The van der Waals surface area contributed by atoms with E-state index >= 15 is 0 Å². The Labute approximate surface area is 154 Å². The largest absolute Gasteiger partial charge is 0.492 e. The van der Waals surface area contributed by atoms with E-state index in [1.54, 1.807) is 29.2 Å². The highest BCUT2D eigenvalue weighted by molar-refractivity contribution is 5.97. The van der Waals surface area contributed by atoms with Crippen molar-refractivity contribution in [1.29, 1.82) is 0 Å². The molecule has 3 rings (SSSR count). The maximum Gasteiger partial charge on any atom is 0.253 e. The number of para-hydroxylation sites is 1. The lowest BCUT2D eigenvalue weighted by molar-refractivity contribution is -0.121. The molecule has 5 nitrogen and oxygen atoms in total. The summed E-state index contributed by atoms with van der Waals surface area (Å²) >= 11 is 0. The third kappa shape index (κ3) is 3.87. The standard InChI is InChI=1S/C21H24N2O3/c1-3-23(4-2)21(25)16-9-7-10-18(13-16)22-20(24)17-12-15-8-5-6-11-19(15)26-14-17/h5-11,13,17H,3-4,12,14H2,1-2H3,(H,22,24). The van der Waals surface area contributed by atoms with Crippen molar-refractivity contribution in [3.8, 4) is 5.75 Å². The van der Waals surface area contributed by atoms with Crippen molar-refractivity contribution in [2.45, 2.75) is 20.3 Å². The highest BCUT2D eigenvalue weighted by atomic mass is 16.5. The van der Waals surface area contributed by atoms with Crippen LogP contribution in [0.25, 0.3) is 0 Å². The van der Waals surface area contributed by atoms with Crippen LogP contribution in [0.3, 0.4) is 0 Å². The van der Waals surface area contributed by atoms with Crippen molar-refractivity contribution >= 4 is 17.5 Å². The predicted octanol–water partition coefficient (Wildman–Crippen LogP) is 3.36. The molecule has 1 aliphatic heterocycles. The average Bonchev–Trinajstić information content (AvgIpc) is 2.68. The molecule has 2 aromatic carbocycles. The molecule has 1 heterocycles. The number of fused-ring (bicyclic) bond motifs is 1. The van der Waals surface area contributed by atoms with Gasteiger partial charge in [-0.1, -0.05) is 24.3 Å². The zero-order chi connectivity index (χ0) is 18.5. The molecule has 5 heteroatoms. The highest BCUT2D eigenvalue weighted by Gasteiger charge is 2.26. The molecule has 0 saturated heterocycles. The molecule has 1 N–H and O–H groups in total. The minimum absolute atomic E-state index is 0.0268. The number of amides is 2. The molecule has 0 fully saturated rings. The molecule has 0 spiro atoms. The second-order valence-corrected chi connectivity index (χ2v) is 6.37. The molecule has 1 unspecified atom stereocenters. The average molecular weight is 352 g/mol. The lowest BCUT2D eigenvalue weighted by atomic mass is 9.96. The Balaban J connectivity index is 1.69. The Bertz CT molecular complexity index is 799. The van der Waals surface area contributed by atoms with Crippen LogP contribution in [0.4, 0.5) is 5.69 Å². The summed E-state index contributed by atoms with van der Waals surface area (Å²) in [5.41, 5.74) is 2.26. The van der Waals surface area contributed by atoms with E-state index in [0.717, 1.165) is 11.3 Å². The molecule has 0 aromatic heterocycles. The van der Waals surface area contributed by atoms with Crippen LogP contribution in [-0.2, 0) is 11.2 Å². The van der Waals surface area contributed by atoms with Gasteiger partial charge < -0.3 is 15.0 Å². The van der Waals surface area contributed by atoms with E-state index in [1.165, 1.54) is 0 Å². The van der Waals surface area contributed by atoms with Crippen molar-refractivity contribution in [3.63, 3.8) is 0 Å². The van der Waals surface area contributed by atoms with Crippen LogP contribution in [0.5, 0.6) is 5.75 Å². The fourth-order valence-corrected chi connectivity index (χ4v) is 3.16. The number of benzene rings is 2. The molecule has 1 aliphatic rings. The lowest BCUT2D eigenvalue weighted by Crippen LogP contribution is -2.33. The van der Waals surface area contributed by atoms with Crippen molar-refractivity contribution < 1.29 is 14.3 Å². The van der Waals surface area contributed by atoms with E-state index in [1.807, 2.05) is 38.1 Å². The molecule has 0 radical (unpaired) electrons. The summed E-state index contributed by atoms with van der Waals surface area (Å²) in [6.45, 7) is 5.58. The van der Waals surface area contributed by atoms with Crippen LogP contribution >= 0.6 is 0 Å². The SMILES string of the molecule is CCN(CC)C(=O)c1cccc(NC(=O)C2COc3ccccc3C2)c1. The van der Waals surface area contributed by atoms with Gasteiger partial charge in [0.25, 0.3) is 5.91 Å². The maximum absolute atomic E-state index is 12.6. The van der Waals surface area contributed by atoms with Crippen molar-refractivity contribution in [2.75, 3.05) is 25.0 Å². The molecule has 0 bridgehead atoms. The second kappa shape index (κ2) is 8.04. The third-order valence-corrected chi connectivity index (χ3v) is 4.68. The number of hydrogen-bond donors (Lipinski definition) is 1. The van der Waals surface area contributed by atoms with Crippen LogP contribution in [0.2, 0.25) is 0 Å². The van der Waals surface area contributed by atoms with E-state index in [0.29, 0.717) is 37.4 Å². The topological polar surface area (TPSA) is 58.6 Å². The normalized spacial score (nSPS) is 15.5. The van der Waals surface area contributed by atoms with E-state index in [2.05, 4.69) is 5.32 Å². The van der Waals surface area contributed by atoms with E-state index in [-0.39, 0.29) is 17.7 Å². The number of carbonyl (C=O) groups excluding carboxylic acids is 2. The number of hydrogen-bond acceptors (Lipinski definition) is 3. The molecule has 0 saturated carbocycles. The van der Waals surface area contributed by atoms with Gasteiger partial charge in [-0.25, -0.2) is 0 Å². The van der Waals surface area contributed by atoms with Crippen molar-refractivity contribution in [2.24, 2.45) is 5.92 Å². The van der Waals surface area contributed by atoms with Gasteiger partial charge in [0.1, 0.15) is 12.4 Å². The summed E-state index contributed by atoms with van der Waals surface area (Å²) in [5, 5.41) is 2.92. The summed E-state index contributed by atoms with van der Waals surface area (Å²) in [6, 6.07) is 14.9. The van der Waals surface area contributed by atoms with E-state index in [4.69, 9.17) is 4.74 Å². The first-order chi connectivity index (χ1) is 12.6. The lowest BCUT2D eigenvalue weighted by Gasteiger charge is -2.24. The molecule has 2 amide bonds. The number of nitrogens with zero attached hydrogens (tertiary/aromatic N) is 1. The van der Waals surface area contributed by atoms with Gasteiger partial charge in [0.2, 0.25) is 5.91 Å². The van der Waals surface area contributed by atoms with Gasteiger partial charge in [0.15, 0.2) is 0 Å². The smallest absolute Gasteiger partial charge is 0.253 e. The predicted molar refractivity (Wildman–Crippen MR) is 101 cm³/mol. The molecule has 136 valence electrons. The van der Waals surface area contributed by atoms with Crippen LogP contribution in [0.1, 0.15) is 29.8 Å². The zero-order valence-corrected chi connectivity index (χ0v) is 15.2. The van der Waals surface area contributed by atoms with Gasteiger partial charge in [-0.3, -0.25) is 9.59 Å². The first kappa shape index (κ1) is 18.0. The minimum atomic E-state index is -0.243. The van der Waals surface area contributed by atoms with Crippen molar-refractivity contribution in [1.82, 2.24) is 4.90 Å². The van der Waals surface area contributed by atoms with Crippen LogP contribution in [0, 0.1) is 5.92 Å². The first-order valence-corrected chi connectivity index (χ1v) is 9.03. The van der Waals surface area contributed by atoms with E-state index < -0.39 is 0 Å². The number of ether oxygens (including phenoxy) is 1.